The van der Waals surface area contributed by atoms with Gasteiger partial charge in [0, 0.05) is 12.4 Å². The molecule has 0 fully saturated rings. The number of nitrogens with zero attached hydrogens (tertiary/aromatic N) is 3. The predicted octanol–water partition coefficient (Wildman–Crippen LogP) is 1.36. The van der Waals surface area contributed by atoms with Gasteiger partial charge >= 0.3 is 0 Å². The van der Waals surface area contributed by atoms with Gasteiger partial charge in [0.15, 0.2) is 0 Å². The van der Waals surface area contributed by atoms with E-state index in [4.69, 9.17) is 17.3 Å². The number of pyridine rings is 1. The average Bonchev–Trinajstić information content (AvgIpc) is 2.33. The fraction of sp³-hybridized carbons (Fsp3) is 0. The Kier molecular flexibility index (Phi) is 3.15. The number of nitrogens with one attached hydrogen (secondary N) is 1. The van der Waals surface area contributed by atoms with Crippen molar-refractivity contribution in [2.75, 3.05) is 11.1 Å². The molecular weight excluding hydrogens is 242 g/mol. The fourth-order valence-corrected chi connectivity index (χ4v) is 1.33. The fourth-order valence-electron chi connectivity index (χ4n) is 1.17. The van der Waals surface area contributed by atoms with Crippen LogP contribution in [0, 0.1) is 0 Å². The first-order valence-corrected chi connectivity index (χ1v) is 5.04. The maximum absolute atomic E-state index is 11.8. The molecule has 2 aromatic rings. The Bertz CT molecular complexity index is 546. The third-order valence-electron chi connectivity index (χ3n) is 1.94. The van der Waals surface area contributed by atoms with Gasteiger partial charge < -0.3 is 5.73 Å². The average molecular weight is 250 g/mol. The summed E-state index contributed by atoms with van der Waals surface area (Å²) < 4.78 is 0. The molecule has 17 heavy (non-hydrogen) atoms. The van der Waals surface area contributed by atoms with E-state index in [9.17, 15) is 4.79 Å². The highest BCUT2D eigenvalue weighted by atomic mass is 35.5. The quantitative estimate of drug-likeness (QED) is 0.784. The molecule has 6 nitrogen and oxygen atoms in total. The van der Waals surface area contributed by atoms with Crippen LogP contribution in [0.2, 0.25) is 5.15 Å². The number of hydrogen-bond donors (Lipinski definition) is 2. The number of halogens is 1. The van der Waals surface area contributed by atoms with Crippen LogP contribution >= 0.6 is 11.6 Å². The largest absolute Gasteiger partial charge is 0.397 e. The van der Waals surface area contributed by atoms with Crippen molar-refractivity contribution in [3.8, 4) is 0 Å². The summed E-state index contributed by atoms with van der Waals surface area (Å²) in [6.45, 7) is 0. The Hall–Kier alpha value is -2.21. The Balaban J connectivity index is 2.23. The number of amides is 1. The minimum Gasteiger partial charge on any atom is -0.397 e. The van der Waals surface area contributed by atoms with Crippen molar-refractivity contribution in [1.82, 2.24) is 15.0 Å². The molecule has 0 aliphatic rings. The zero-order chi connectivity index (χ0) is 12.3. The first-order valence-electron chi connectivity index (χ1n) is 4.66. The molecule has 3 N–H and O–H groups in total. The van der Waals surface area contributed by atoms with E-state index in [1.165, 1.54) is 24.7 Å². The number of carbonyl (C=O) groups excluding carboxylic acids is 1. The SMILES string of the molecule is Nc1cnc(Cl)cc1C(=O)Nc1ncccn1. The molecule has 2 heterocycles. The van der Waals surface area contributed by atoms with Gasteiger partial charge in [-0.3, -0.25) is 10.1 Å². The number of carbonyl (C=O) groups is 1. The van der Waals surface area contributed by atoms with E-state index in [-0.39, 0.29) is 22.4 Å². The van der Waals surface area contributed by atoms with Crippen LogP contribution in [0.5, 0.6) is 0 Å². The lowest BCUT2D eigenvalue weighted by atomic mass is 10.2. The minimum absolute atomic E-state index is 0.193. The van der Waals surface area contributed by atoms with Crippen LogP contribution in [0.4, 0.5) is 11.6 Å². The van der Waals surface area contributed by atoms with Crippen LogP contribution in [0.15, 0.2) is 30.7 Å². The summed E-state index contributed by atoms with van der Waals surface area (Å²) >= 11 is 5.69. The van der Waals surface area contributed by atoms with Crippen molar-refractivity contribution in [3.63, 3.8) is 0 Å². The van der Waals surface area contributed by atoms with Crippen LogP contribution in [-0.2, 0) is 0 Å². The molecule has 0 saturated heterocycles. The van der Waals surface area contributed by atoms with Crippen molar-refractivity contribution in [2.24, 2.45) is 0 Å². The maximum atomic E-state index is 11.8. The van der Waals surface area contributed by atoms with Gasteiger partial charge in [-0.05, 0) is 12.1 Å². The Morgan fingerprint density at radius 3 is 2.71 bits per heavy atom. The van der Waals surface area contributed by atoms with Gasteiger partial charge in [-0.2, -0.15) is 0 Å². The highest BCUT2D eigenvalue weighted by Gasteiger charge is 2.12. The zero-order valence-corrected chi connectivity index (χ0v) is 9.35. The van der Waals surface area contributed by atoms with Gasteiger partial charge in [-0.15, -0.1) is 0 Å². The molecule has 7 heteroatoms. The Morgan fingerprint density at radius 1 is 1.29 bits per heavy atom. The molecule has 86 valence electrons. The molecule has 0 aromatic carbocycles. The highest BCUT2D eigenvalue weighted by Crippen LogP contribution is 2.15. The van der Waals surface area contributed by atoms with Gasteiger partial charge in [0.05, 0.1) is 17.4 Å². The lowest BCUT2D eigenvalue weighted by Gasteiger charge is -2.05. The van der Waals surface area contributed by atoms with E-state index in [2.05, 4.69) is 20.3 Å². The topological polar surface area (TPSA) is 93.8 Å². The minimum atomic E-state index is -0.432. The van der Waals surface area contributed by atoms with Gasteiger partial charge in [-0.25, -0.2) is 15.0 Å². The summed E-state index contributed by atoms with van der Waals surface area (Å²) in [6, 6.07) is 3.03. The van der Waals surface area contributed by atoms with Crippen molar-refractivity contribution in [1.29, 1.82) is 0 Å². The number of aromatic nitrogens is 3. The second kappa shape index (κ2) is 4.75. The van der Waals surface area contributed by atoms with Crippen molar-refractivity contribution in [2.45, 2.75) is 0 Å². The standard InChI is InChI=1S/C10H8ClN5O/c11-8-4-6(7(12)5-15-8)9(17)16-10-13-2-1-3-14-10/h1-5H,12H2,(H,13,14,16,17). The van der Waals surface area contributed by atoms with Crippen LogP contribution < -0.4 is 11.1 Å². The van der Waals surface area contributed by atoms with Crippen molar-refractivity contribution < 1.29 is 4.79 Å². The third-order valence-corrected chi connectivity index (χ3v) is 2.14. The van der Waals surface area contributed by atoms with Crippen molar-refractivity contribution in [3.05, 3.63) is 41.4 Å². The van der Waals surface area contributed by atoms with Crippen LogP contribution in [0.1, 0.15) is 10.4 Å². The van der Waals surface area contributed by atoms with E-state index in [0.717, 1.165) is 0 Å². The van der Waals surface area contributed by atoms with Crippen LogP contribution in [0.25, 0.3) is 0 Å². The molecule has 2 rings (SSSR count). The number of nitrogens with two attached hydrogens (primary N) is 1. The summed E-state index contributed by atoms with van der Waals surface area (Å²) in [6.07, 6.45) is 4.36. The highest BCUT2D eigenvalue weighted by molar-refractivity contribution is 6.30. The number of hydrogen-bond acceptors (Lipinski definition) is 5. The van der Waals surface area contributed by atoms with Gasteiger partial charge in [-0.1, -0.05) is 11.6 Å². The second-order valence-electron chi connectivity index (χ2n) is 3.12. The molecular formula is C10H8ClN5O. The molecule has 0 unspecified atom stereocenters. The molecule has 0 bridgehead atoms. The molecule has 2 aromatic heterocycles. The van der Waals surface area contributed by atoms with Crippen LogP contribution in [0.3, 0.4) is 0 Å². The van der Waals surface area contributed by atoms with Gasteiger partial charge in [0.1, 0.15) is 5.15 Å². The predicted molar refractivity (Wildman–Crippen MR) is 63.6 cm³/mol. The van der Waals surface area contributed by atoms with Gasteiger partial charge in [0.25, 0.3) is 5.91 Å². The lowest BCUT2D eigenvalue weighted by molar-refractivity contribution is 0.102. The second-order valence-corrected chi connectivity index (χ2v) is 3.51. The number of rotatable bonds is 2. The van der Waals surface area contributed by atoms with E-state index < -0.39 is 5.91 Å². The smallest absolute Gasteiger partial charge is 0.260 e. The van der Waals surface area contributed by atoms with E-state index in [1.54, 1.807) is 6.07 Å². The lowest BCUT2D eigenvalue weighted by Crippen LogP contribution is -2.16. The molecule has 1 amide bonds. The van der Waals surface area contributed by atoms with Gasteiger partial charge in [0.2, 0.25) is 5.95 Å². The van der Waals surface area contributed by atoms with E-state index in [0.29, 0.717) is 0 Å². The Labute approximate surface area is 102 Å². The molecule has 0 aliphatic carbocycles. The first-order chi connectivity index (χ1) is 8.16. The summed E-state index contributed by atoms with van der Waals surface area (Å²) in [4.78, 5) is 23.3. The number of anilines is 2. The molecule has 0 aliphatic heterocycles. The number of nitrogen functional groups attached to an aromatic ring is 1. The summed E-state index contributed by atoms with van der Waals surface area (Å²) in [5, 5.41) is 2.69. The summed E-state index contributed by atoms with van der Waals surface area (Å²) in [5.41, 5.74) is 6.09. The molecule has 0 spiro atoms. The Morgan fingerprint density at radius 2 is 2.00 bits per heavy atom. The van der Waals surface area contributed by atoms with E-state index >= 15 is 0 Å². The normalized spacial score (nSPS) is 9.94. The molecule has 0 atom stereocenters. The monoisotopic (exact) mass is 249 g/mol. The third kappa shape index (κ3) is 2.67. The zero-order valence-electron chi connectivity index (χ0n) is 8.59. The summed E-state index contributed by atoms with van der Waals surface area (Å²) in [5.74, 6) is -0.233. The maximum Gasteiger partial charge on any atom is 0.260 e. The molecule has 0 saturated carbocycles. The van der Waals surface area contributed by atoms with Crippen LogP contribution in [-0.4, -0.2) is 20.9 Å². The summed E-state index contributed by atoms with van der Waals surface area (Å²) in [7, 11) is 0. The van der Waals surface area contributed by atoms with Crippen molar-refractivity contribution >= 4 is 29.1 Å². The molecule has 0 radical (unpaired) electrons. The van der Waals surface area contributed by atoms with E-state index in [1.807, 2.05) is 0 Å². The first kappa shape index (κ1) is 11.3.